The molecule has 0 aromatic carbocycles. The minimum atomic E-state index is 0.265. The van der Waals surface area contributed by atoms with Gasteiger partial charge >= 0.3 is 0 Å². The lowest BCUT2D eigenvalue weighted by Crippen LogP contribution is -2.26. The smallest absolute Gasteiger partial charge is 0.137 e. The first-order chi connectivity index (χ1) is 8.72. The van der Waals surface area contributed by atoms with Crippen LogP contribution in [0.5, 0.6) is 0 Å². The van der Waals surface area contributed by atoms with E-state index in [0.29, 0.717) is 11.8 Å². The molecule has 102 valence electrons. The maximum absolute atomic E-state index is 6.12. The van der Waals surface area contributed by atoms with Gasteiger partial charge < -0.3 is 10.1 Å². The Morgan fingerprint density at radius 2 is 2.11 bits per heavy atom. The molecule has 1 rings (SSSR count). The number of aromatic nitrogens is 2. The summed E-state index contributed by atoms with van der Waals surface area (Å²) in [4.78, 5) is 8.34. The van der Waals surface area contributed by atoms with Gasteiger partial charge in [-0.15, -0.1) is 0 Å². The third kappa shape index (κ3) is 4.42. The SMILES string of the molecule is CCCc1c(Cl)ncnc1NC(CCC)COC. The molecule has 1 heterocycles. The molecular formula is C13H22ClN3O. The summed E-state index contributed by atoms with van der Waals surface area (Å²) in [6.45, 7) is 4.94. The number of methoxy groups -OCH3 is 1. The molecule has 1 aromatic heterocycles. The van der Waals surface area contributed by atoms with Crippen LogP contribution < -0.4 is 5.32 Å². The summed E-state index contributed by atoms with van der Waals surface area (Å²) in [6.07, 6.45) is 5.54. The van der Waals surface area contributed by atoms with Crippen molar-refractivity contribution >= 4 is 17.4 Å². The molecule has 0 spiro atoms. The molecule has 0 fully saturated rings. The fraction of sp³-hybridized carbons (Fsp3) is 0.692. The molecule has 5 heteroatoms. The Kier molecular flexibility index (Phi) is 6.98. The number of anilines is 1. The van der Waals surface area contributed by atoms with Gasteiger partial charge in [0, 0.05) is 12.7 Å². The Morgan fingerprint density at radius 3 is 2.72 bits per heavy atom. The first-order valence-electron chi connectivity index (χ1n) is 6.47. The van der Waals surface area contributed by atoms with E-state index in [-0.39, 0.29) is 6.04 Å². The predicted molar refractivity (Wildman–Crippen MR) is 75.2 cm³/mol. The van der Waals surface area contributed by atoms with Gasteiger partial charge in [0.2, 0.25) is 0 Å². The minimum absolute atomic E-state index is 0.265. The van der Waals surface area contributed by atoms with Crippen molar-refractivity contribution in [2.45, 2.75) is 45.6 Å². The van der Waals surface area contributed by atoms with E-state index in [0.717, 1.165) is 37.1 Å². The van der Waals surface area contributed by atoms with Crippen LogP contribution in [-0.2, 0) is 11.2 Å². The predicted octanol–water partition coefficient (Wildman–Crippen LogP) is 3.31. The molecule has 1 aromatic rings. The van der Waals surface area contributed by atoms with E-state index in [2.05, 4.69) is 29.1 Å². The Morgan fingerprint density at radius 1 is 1.33 bits per heavy atom. The molecule has 0 saturated heterocycles. The lowest BCUT2D eigenvalue weighted by Gasteiger charge is -2.19. The van der Waals surface area contributed by atoms with Crippen LogP contribution in [-0.4, -0.2) is 29.7 Å². The number of hydrogen-bond acceptors (Lipinski definition) is 4. The maximum atomic E-state index is 6.12. The van der Waals surface area contributed by atoms with Gasteiger partial charge in [-0.1, -0.05) is 38.3 Å². The molecule has 1 unspecified atom stereocenters. The van der Waals surface area contributed by atoms with E-state index in [1.54, 1.807) is 7.11 Å². The van der Waals surface area contributed by atoms with Crippen LogP contribution in [0.1, 0.15) is 38.7 Å². The zero-order valence-corrected chi connectivity index (χ0v) is 12.1. The van der Waals surface area contributed by atoms with Gasteiger partial charge in [-0.25, -0.2) is 9.97 Å². The van der Waals surface area contributed by atoms with Gasteiger partial charge in [-0.05, 0) is 12.8 Å². The molecule has 0 aliphatic rings. The van der Waals surface area contributed by atoms with Crippen molar-refractivity contribution in [2.24, 2.45) is 0 Å². The molecule has 0 bridgehead atoms. The summed E-state index contributed by atoms with van der Waals surface area (Å²) < 4.78 is 5.22. The van der Waals surface area contributed by atoms with E-state index >= 15 is 0 Å². The molecule has 0 aliphatic heterocycles. The zero-order chi connectivity index (χ0) is 13.4. The second-order valence-electron chi connectivity index (χ2n) is 4.33. The van der Waals surface area contributed by atoms with Crippen molar-refractivity contribution in [2.75, 3.05) is 19.0 Å². The normalized spacial score (nSPS) is 12.4. The largest absolute Gasteiger partial charge is 0.383 e. The van der Waals surface area contributed by atoms with Crippen LogP contribution in [0.4, 0.5) is 5.82 Å². The van der Waals surface area contributed by atoms with Gasteiger partial charge in [0.15, 0.2) is 0 Å². The highest BCUT2D eigenvalue weighted by Crippen LogP contribution is 2.22. The quantitative estimate of drug-likeness (QED) is 0.737. The van der Waals surface area contributed by atoms with E-state index in [1.807, 2.05) is 0 Å². The first-order valence-corrected chi connectivity index (χ1v) is 6.85. The maximum Gasteiger partial charge on any atom is 0.137 e. The number of hydrogen-bond donors (Lipinski definition) is 1. The number of halogens is 1. The Balaban J connectivity index is 2.83. The summed E-state index contributed by atoms with van der Waals surface area (Å²) >= 11 is 6.12. The molecule has 0 radical (unpaired) electrons. The monoisotopic (exact) mass is 271 g/mol. The van der Waals surface area contributed by atoms with Gasteiger partial charge in [-0.3, -0.25) is 0 Å². The van der Waals surface area contributed by atoms with E-state index < -0.39 is 0 Å². The number of rotatable bonds is 8. The average Bonchev–Trinajstić information content (AvgIpc) is 2.34. The van der Waals surface area contributed by atoms with Crippen LogP contribution in [0, 0.1) is 0 Å². The van der Waals surface area contributed by atoms with Crippen LogP contribution in [0.15, 0.2) is 6.33 Å². The molecule has 0 saturated carbocycles. The average molecular weight is 272 g/mol. The van der Waals surface area contributed by atoms with Crippen molar-refractivity contribution in [3.05, 3.63) is 17.0 Å². The van der Waals surface area contributed by atoms with E-state index in [4.69, 9.17) is 16.3 Å². The second-order valence-corrected chi connectivity index (χ2v) is 4.68. The molecule has 1 atom stereocenters. The summed E-state index contributed by atoms with van der Waals surface area (Å²) in [5, 5.41) is 3.96. The van der Waals surface area contributed by atoms with Crippen LogP contribution in [0.3, 0.4) is 0 Å². The third-order valence-electron chi connectivity index (χ3n) is 2.74. The highest BCUT2D eigenvalue weighted by molar-refractivity contribution is 6.30. The molecule has 18 heavy (non-hydrogen) atoms. The highest BCUT2D eigenvalue weighted by atomic mass is 35.5. The van der Waals surface area contributed by atoms with Crippen molar-refractivity contribution in [1.29, 1.82) is 0 Å². The third-order valence-corrected chi connectivity index (χ3v) is 3.06. The summed E-state index contributed by atoms with van der Waals surface area (Å²) in [5.74, 6) is 0.840. The van der Waals surface area contributed by atoms with Gasteiger partial charge in [-0.2, -0.15) is 0 Å². The van der Waals surface area contributed by atoms with E-state index in [9.17, 15) is 0 Å². The van der Waals surface area contributed by atoms with Crippen molar-refractivity contribution in [3.8, 4) is 0 Å². The Hall–Kier alpha value is -0.870. The van der Waals surface area contributed by atoms with Gasteiger partial charge in [0.25, 0.3) is 0 Å². The van der Waals surface area contributed by atoms with Crippen LogP contribution >= 0.6 is 11.6 Å². The summed E-state index contributed by atoms with van der Waals surface area (Å²) in [7, 11) is 1.71. The lowest BCUT2D eigenvalue weighted by atomic mass is 10.1. The molecule has 0 amide bonds. The van der Waals surface area contributed by atoms with Crippen LogP contribution in [0.25, 0.3) is 0 Å². The molecule has 0 aliphatic carbocycles. The fourth-order valence-corrected chi connectivity index (χ4v) is 2.15. The van der Waals surface area contributed by atoms with Gasteiger partial charge in [0.1, 0.15) is 17.3 Å². The standard InChI is InChI=1S/C13H22ClN3O/c1-4-6-10(8-18-3)17-13-11(7-5-2)12(14)15-9-16-13/h9-10H,4-8H2,1-3H3,(H,15,16,17). The number of nitrogens with one attached hydrogen (secondary N) is 1. The summed E-state index contributed by atoms with van der Waals surface area (Å²) in [5.41, 5.74) is 0.999. The topological polar surface area (TPSA) is 47.0 Å². The zero-order valence-electron chi connectivity index (χ0n) is 11.4. The van der Waals surface area contributed by atoms with E-state index in [1.165, 1.54) is 6.33 Å². The Labute approximate surface area is 114 Å². The number of nitrogens with zero attached hydrogens (tertiary/aromatic N) is 2. The van der Waals surface area contributed by atoms with Crippen molar-refractivity contribution in [1.82, 2.24) is 9.97 Å². The van der Waals surface area contributed by atoms with Crippen molar-refractivity contribution in [3.63, 3.8) is 0 Å². The number of ether oxygens (including phenoxy) is 1. The lowest BCUT2D eigenvalue weighted by molar-refractivity contribution is 0.182. The molecule has 1 N–H and O–H groups in total. The Bertz CT molecular complexity index is 354. The first kappa shape index (κ1) is 15.2. The summed E-state index contributed by atoms with van der Waals surface area (Å²) in [6, 6.07) is 0.265. The minimum Gasteiger partial charge on any atom is -0.383 e. The molecular weight excluding hydrogens is 250 g/mol. The fourth-order valence-electron chi connectivity index (χ4n) is 1.93. The molecule has 4 nitrogen and oxygen atoms in total. The van der Waals surface area contributed by atoms with Crippen LogP contribution in [0.2, 0.25) is 5.15 Å². The highest BCUT2D eigenvalue weighted by Gasteiger charge is 2.13. The van der Waals surface area contributed by atoms with Gasteiger partial charge in [0.05, 0.1) is 12.6 Å². The van der Waals surface area contributed by atoms with Crippen molar-refractivity contribution < 1.29 is 4.74 Å². The second kappa shape index (κ2) is 8.27.